The van der Waals surface area contributed by atoms with E-state index < -0.39 is 97.3 Å². The van der Waals surface area contributed by atoms with Gasteiger partial charge in [0, 0.05) is 51.6 Å². The van der Waals surface area contributed by atoms with Crippen molar-refractivity contribution in [2.24, 2.45) is 0 Å². The van der Waals surface area contributed by atoms with E-state index in [4.69, 9.17) is 46.5 Å². The predicted octanol–water partition coefficient (Wildman–Crippen LogP) is 20.1. The summed E-state index contributed by atoms with van der Waals surface area (Å²) in [4.78, 5) is 117. The topological polar surface area (TPSA) is 316 Å². The maximum atomic E-state index is 13.1. The van der Waals surface area contributed by atoms with Gasteiger partial charge in [-0.15, -0.1) is 0 Å². The highest BCUT2D eigenvalue weighted by Crippen LogP contribution is 2.39. The zero-order chi connectivity index (χ0) is 79.5. The maximum Gasteiger partial charge on any atom is 0.314 e. The second kappa shape index (κ2) is 76.3. The van der Waals surface area contributed by atoms with Gasteiger partial charge in [0.05, 0.1) is 52.9 Å². The Bertz CT molecular complexity index is 2120. The van der Waals surface area contributed by atoms with Crippen molar-refractivity contribution in [3.05, 3.63) is 0 Å². The molecule has 0 heterocycles. The van der Waals surface area contributed by atoms with E-state index in [2.05, 4.69) is 52.2 Å². The number of amides is 2. The average molecular weight is 1580 g/mol. The molecule has 2 amide bonds. The lowest BCUT2D eigenvalue weighted by atomic mass is 10.0. The summed E-state index contributed by atoms with van der Waals surface area (Å²) in [6.45, 7) is 9.33. The van der Waals surface area contributed by atoms with Gasteiger partial charge in [-0.1, -0.05) is 298 Å². The molecule has 0 saturated carbocycles. The van der Waals surface area contributed by atoms with Crippen molar-refractivity contribution >= 4 is 57.1 Å². The van der Waals surface area contributed by atoms with Gasteiger partial charge in [-0.2, -0.15) is 0 Å². The molecule has 6 atom stereocenters. The summed E-state index contributed by atoms with van der Waals surface area (Å²) in [7, 11) is -10.2. The van der Waals surface area contributed by atoms with Crippen molar-refractivity contribution in [2.45, 2.75) is 426 Å². The van der Waals surface area contributed by atoms with Gasteiger partial charge in [0.2, 0.25) is 0 Å². The third-order valence-electron chi connectivity index (χ3n) is 19.1. The highest BCUT2D eigenvalue weighted by atomic mass is 31.2. The number of rotatable bonds is 84. The first-order valence-corrected chi connectivity index (χ1v) is 46.4. The van der Waals surface area contributed by atoms with Crippen LogP contribution in [0.1, 0.15) is 401 Å². The molecule has 0 aromatic carbocycles. The molecule has 2 N–H and O–H groups in total. The Balaban J connectivity index is 5.68. The summed E-state index contributed by atoms with van der Waals surface area (Å²) in [5.41, 5.74) is 0. The van der Waals surface area contributed by atoms with Crippen LogP contribution in [0.3, 0.4) is 0 Å². The Morgan fingerprint density at radius 1 is 0.278 bits per heavy atom. The number of carbonyl (C=O) groups is 7. The molecule has 0 saturated heterocycles. The van der Waals surface area contributed by atoms with E-state index in [0.29, 0.717) is 51.4 Å². The normalized spacial score (nSPS) is 13.8. The Morgan fingerprint density at radius 2 is 0.528 bits per heavy atom. The minimum Gasteiger partial charge on any atom is -0.756 e. The average Bonchev–Trinajstić information content (AvgIpc) is 0.914. The molecule has 636 valence electrons. The lowest BCUT2D eigenvalue weighted by Crippen LogP contribution is -2.39. The molecule has 0 aliphatic heterocycles. The summed E-state index contributed by atoms with van der Waals surface area (Å²) in [6.07, 6.45) is 48.4. The van der Waals surface area contributed by atoms with Crippen molar-refractivity contribution < 1.29 is 99.0 Å². The fourth-order valence-electron chi connectivity index (χ4n) is 12.6. The zero-order valence-corrected chi connectivity index (χ0v) is 70.7. The van der Waals surface area contributed by atoms with E-state index in [1.54, 1.807) is 0 Å². The minimum absolute atomic E-state index is 0.0916. The second-order valence-corrected chi connectivity index (χ2v) is 32.5. The lowest BCUT2D eigenvalue weighted by molar-refractivity contribution is -0.229. The maximum absolute atomic E-state index is 13.1. The molecule has 0 aliphatic carbocycles. The van der Waals surface area contributed by atoms with Gasteiger partial charge in [-0.05, 0) is 51.4 Å². The number of phosphoric ester groups is 2. The van der Waals surface area contributed by atoms with Gasteiger partial charge in [0.1, 0.15) is 48.8 Å². The van der Waals surface area contributed by atoms with Crippen LogP contribution >= 0.6 is 15.6 Å². The van der Waals surface area contributed by atoms with Crippen LogP contribution in [-0.2, 0) is 84.4 Å². The number of phosphoric acid groups is 2. The second-order valence-electron chi connectivity index (χ2n) is 29.7. The first kappa shape index (κ1) is 105. The van der Waals surface area contributed by atoms with Crippen molar-refractivity contribution in [1.82, 2.24) is 10.6 Å². The summed E-state index contributed by atoms with van der Waals surface area (Å²) < 4.78 is 81.2. The molecule has 0 spiro atoms. The monoisotopic (exact) mass is 1580 g/mol. The van der Waals surface area contributed by atoms with Crippen LogP contribution in [0.2, 0.25) is 0 Å². The minimum atomic E-state index is -5.10. The molecule has 0 bridgehead atoms. The number of esters is 4. The first-order valence-electron chi connectivity index (χ1n) is 43.5. The number of ether oxygens (including phenoxy) is 6. The van der Waals surface area contributed by atoms with E-state index in [9.17, 15) is 52.5 Å². The van der Waals surface area contributed by atoms with Crippen LogP contribution in [0.25, 0.3) is 0 Å². The number of urea groups is 1. The summed E-state index contributed by atoms with van der Waals surface area (Å²) in [5, 5.41) is 4.77. The van der Waals surface area contributed by atoms with Crippen LogP contribution in [-0.4, -0.2) is 132 Å². The lowest BCUT2D eigenvalue weighted by Gasteiger charge is -2.26. The van der Waals surface area contributed by atoms with Crippen molar-refractivity contribution in [3.63, 3.8) is 0 Å². The molecule has 108 heavy (non-hydrogen) atoms. The number of hydrogen-bond acceptors (Lipinski definition) is 21. The molecule has 0 aliphatic rings. The smallest absolute Gasteiger partial charge is 0.314 e. The van der Waals surface area contributed by atoms with E-state index in [-0.39, 0.29) is 75.9 Å². The quantitative estimate of drug-likeness (QED) is 0.0188. The van der Waals surface area contributed by atoms with Gasteiger partial charge in [-0.3, -0.25) is 37.9 Å². The third-order valence-corrected chi connectivity index (χ3v) is 21.0. The van der Waals surface area contributed by atoms with E-state index in [1.165, 1.54) is 116 Å². The molecule has 0 aromatic heterocycles. The molecule has 23 nitrogen and oxygen atoms in total. The SMILES string of the molecule is CCCCCCCCCCCC(=O)CC(=O)O[C@H](COCC[C@@H](CCCCCCC)OC(=O)CCCCCCCCCCC)COP(=O)([O-])OCCNC(=O)NCCOP(=O)([O-])OC[C@@H](COCC[C@@H](CCCCCCC)OC(=O)CCCCCCCCCCC)OC(=O)CC(=O)CCCCCCCCCCC. The highest BCUT2D eigenvalue weighted by Gasteiger charge is 2.25. The van der Waals surface area contributed by atoms with Gasteiger partial charge < -0.3 is 66.9 Å². The fourth-order valence-corrected chi connectivity index (χ4v) is 14.0. The van der Waals surface area contributed by atoms with Crippen molar-refractivity contribution in [3.8, 4) is 0 Å². The Kier molecular flexibility index (Phi) is 73.9. The van der Waals surface area contributed by atoms with Gasteiger partial charge in [-0.25, -0.2) is 4.79 Å². The highest BCUT2D eigenvalue weighted by molar-refractivity contribution is 7.46. The summed E-state index contributed by atoms with van der Waals surface area (Å²) >= 11 is 0. The Labute approximate surface area is 655 Å². The van der Waals surface area contributed by atoms with Crippen LogP contribution in [0, 0.1) is 0 Å². The van der Waals surface area contributed by atoms with Gasteiger partial charge in [0.25, 0.3) is 15.6 Å². The molecular weight excluding hydrogens is 1420 g/mol. The predicted molar refractivity (Wildman–Crippen MR) is 424 cm³/mol. The third kappa shape index (κ3) is 72.8. The fraction of sp³-hybridized carbons (Fsp3) is 0.916. The molecular formula is C83H156N2O21P2-2. The molecule has 0 fully saturated rings. The standard InChI is InChI=1S/C83H158N2O21P2/c1-7-13-19-25-29-33-37-43-47-53-73(86)67-81(90)105-77(69-97-63-59-75(55-49-41-23-17-11-5)103-79(88)57-51-45-39-35-31-27-21-15-9-3)71-101-107(93,94)99-65-61-84-83(92)85-62-66-100-108(95,96)102-72-78(106-82(91)68-74(87)54-48-44-38-34-30-26-20-14-8-2)70-98-64-60-76(56-50-42-24-18-12-6)104-80(89)58-52-46-40-36-32-28-22-16-10-4/h75-78H,7-72H2,1-6H3,(H,93,94)(H,95,96)(H2,84,85,92)/p-2/t75-,76-,77-,78-/m1/s1. The number of carbonyl (C=O) groups excluding carboxylic acids is 7. The van der Waals surface area contributed by atoms with Gasteiger partial charge >= 0.3 is 29.9 Å². The largest absolute Gasteiger partial charge is 0.756 e. The number of ketones is 2. The van der Waals surface area contributed by atoms with Crippen molar-refractivity contribution in [1.29, 1.82) is 0 Å². The summed E-state index contributed by atoms with van der Waals surface area (Å²) in [6, 6.07) is -0.835. The number of unbranched alkanes of at least 4 members (excludes halogenated alkanes) is 40. The molecule has 0 aromatic rings. The molecule has 2 unspecified atom stereocenters. The molecule has 0 rings (SSSR count). The Morgan fingerprint density at radius 3 is 0.815 bits per heavy atom. The van der Waals surface area contributed by atoms with Crippen LogP contribution in [0.15, 0.2) is 0 Å². The zero-order valence-electron chi connectivity index (χ0n) is 68.9. The van der Waals surface area contributed by atoms with E-state index in [0.717, 1.165) is 167 Å². The number of hydrogen-bond donors (Lipinski definition) is 2. The van der Waals surface area contributed by atoms with Crippen LogP contribution in [0.5, 0.6) is 0 Å². The van der Waals surface area contributed by atoms with E-state index in [1.807, 2.05) is 0 Å². The Hall–Kier alpha value is -3.37. The first-order chi connectivity index (χ1) is 52.3. The van der Waals surface area contributed by atoms with E-state index >= 15 is 0 Å². The van der Waals surface area contributed by atoms with Gasteiger partial charge in [0.15, 0.2) is 0 Å². The van der Waals surface area contributed by atoms with Crippen LogP contribution < -0.4 is 20.4 Å². The molecule has 25 heteroatoms. The number of nitrogens with one attached hydrogen (secondary N) is 2. The van der Waals surface area contributed by atoms with Crippen molar-refractivity contribution in [2.75, 3.05) is 65.9 Å². The number of Topliss-reactive ketones (excluding diaryl/α,β-unsaturated/α-hetero) is 2. The summed E-state index contributed by atoms with van der Waals surface area (Å²) in [5.74, 6) is -2.85. The van der Waals surface area contributed by atoms with Crippen LogP contribution in [0.4, 0.5) is 4.79 Å². The molecule has 0 radical (unpaired) electrons.